The fourth-order valence-corrected chi connectivity index (χ4v) is 9.03. The topological polar surface area (TPSA) is 158 Å². The highest BCUT2D eigenvalue weighted by atomic mass is 32.2. The lowest BCUT2D eigenvalue weighted by molar-refractivity contribution is -0.274. The number of allylic oxidation sites excluding steroid dienone is 1. The van der Waals surface area contributed by atoms with Crippen molar-refractivity contribution in [2.24, 2.45) is 22.7 Å². The number of nitrogens with zero attached hydrogens (tertiary/aromatic N) is 2. The molecule has 0 unspecified atom stereocenters. The lowest BCUT2D eigenvalue weighted by atomic mass is 9.77. The zero-order valence-corrected chi connectivity index (χ0v) is 31.6. The van der Waals surface area contributed by atoms with Crippen LogP contribution in [0.15, 0.2) is 30.5 Å². The van der Waals surface area contributed by atoms with Crippen LogP contribution >= 0.6 is 0 Å². The Bertz CT molecular complexity index is 1960. The molecule has 1 N–H and O–H groups in total. The zero-order valence-electron chi connectivity index (χ0n) is 30.7. The van der Waals surface area contributed by atoms with Gasteiger partial charge in [-0.15, -0.1) is 13.2 Å². The third kappa shape index (κ3) is 8.68. The Morgan fingerprint density at radius 3 is 2.52 bits per heavy atom. The summed E-state index contributed by atoms with van der Waals surface area (Å²) >= 11 is 0. The molecule has 3 heterocycles. The molecule has 3 fully saturated rings. The molecule has 54 heavy (non-hydrogen) atoms. The number of aromatic nitrogens is 1. The summed E-state index contributed by atoms with van der Waals surface area (Å²) in [6.45, 7) is 7.17. The average molecular weight is 778 g/mol. The number of ketones is 1. The van der Waals surface area contributed by atoms with E-state index in [9.17, 15) is 40.8 Å². The van der Waals surface area contributed by atoms with Crippen LogP contribution in [0.25, 0.3) is 16.8 Å². The molecule has 2 aromatic rings. The van der Waals surface area contributed by atoms with Crippen LogP contribution in [0, 0.1) is 22.7 Å². The second-order valence-electron chi connectivity index (χ2n) is 15.9. The van der Waals surface area contributed by atoms with E-state index in [1.54, 1.807) is 39.0 Å². The highest BCUT2D eigenvalue weighted by Crippen LogP contribution is 2.58. The van der Waals surface area contributed by atoms with Gasteiger partial charge in [0, 0.05) is 29.8 Å². The monoisotopic (exact) mass is 777 g/mol. The van der Waals surface area contributed by atoms with Crippen molar-refractivity contribution >= 4 is 50.4 Å². The molecule has 2 amide bonds. The second-order valence-corrected chi connectivity index (χ2v) is 17.9. The molecule has 2 aliphatic heterocycles. The summed E-state index contributed by atoms with van der Waals surface area (Å²) in [5, 5.41) is -0.347. The smallest absolute Gasteiger partial charge is 0.472 e. The van der Waals surface area contributed by atoms with Crippen LogP contribution in [0.2, 0.25) is 0 Å². The summed E-state index contributed by atoms with van der Waals surface area (Å²) in [4.78, 5) is 61.2. The first-order valence-electron chi connectivity index (χ1n) is 18.4. The standard InChI is InChI=1S/C38H46F3N3O9S/c1-5-23-19-37(23,35(48)43-54(49,50)25-10-11-25)20-30(45)29-17-24-21-44(29)34(47)28(36(2,3)4)18-32(46)51-14-8-6-7-9-22-15-27-26(12-13-42-33(27)52-24)31(16-22)53-38(39,40)41/h7,9,12-13,15-16,23-25,28-29H,5-6,8,10-11,14,17-21H2,1-4H3,(H,43,48)/b9-7+/t23-,24+,28+,29-,37+/m0/s1. The van der Waals surface area contributed by atoms with Gasteiger partial charge in [-0.3, -0.25) is 23.9 Å². The number of halogens is 3. The van der Waals surface area contributed by atoms with Crippen molar-refractivity contribution in [1.29, 1.82) is 0 Å². The summed E-state index contributed by atoms with van der Waals surface area (Å²) in [5.74, 6) is -3.96. The van der Waals surface area contributed by atoms with Crippen LogP contribution in [-0.2, 0) is 33.9 Å². The predicted molar refractivity (Wildman–Crippen MR) is 190 cm³/mol. The summed E-state index contributed by atoms with van der Waals surface area (Å²) in [7, 11) is -3.88. The number of rotatable bonds is 8. The van der Waals surface area contributed by atoms with Gasteiger partial charge in [0.1, 0.15) is 11.9 Å². The fraction of sp³-hybridized carbons (Fsp3) is 0.605. The van der Waals surface area contributed by atoms with Gasteiger partial charge in [0.25, 0.3) is 0 Å². The van der Waals surface area contributed by atoms with Gasteiger partial charge >= 0.3 is 12.3 Å². The van der Waals surface area contributed by atoms with E-state index in [4.69, 9.17) is 9.47 Å². The van der Waals surface area contributed by atoms with Crippen LogP contribution in [0.1, 0.15) is 91.0 Å². The first-order chi connectivity index (χ1) is 25.3. The summed E-state index contributed by atoms with van der Waals surface area (Å²) in [5.41, 5.74) is -1.66. The van der Waals surface area contributed by atoms with E-state index in [0.29, 0.717) is 44.1 Å². The Morgan fingerprint density at radius 1 is 1.13 bits per heavy atom. The van der Waals surface area contributed by atoms with Gasteiger partial charge in [0.2, 0.25) is 27.7 Å². The third-order valence-electron chi connectivity index (χ3n) is 10.9. The van der Waals surface area contributed by atoms with E-state index >= 15 is 0 Å². The molecular weight excluding hydrogens is 731 g/mol. The first-order valence-corrected chi connectivity index (χ1v) is 19.9. The van der Waals surface area contributed by atoms with Gasteiger partial charge in [-0.05, 0) is 67.2 Å². The summed E-state index contributed by atoms with van der Waals surface area (Å²) in [6.07, 6.45) is 0.724. The number of alkyl halides is 3. The molecular formula is C38H46F3N3O9S. The number of Topliss-reactive ketones (excluding diaryl/α,β-unsaturated/α-hetero) is 1. The lowest BCUT2D eigenvalue weighted by Gasteiger charge is -2.34. The summed E-state index contributed by atoms with van der Waals surface area (Å²) in [6, 6.07) is 3.10. The van der Waals surface area contributed by atoms with E-state index in [1.165, 1.54) is 23.2 Å². The van der Waals surface area contributed by atoms with Crippen molar-refractivity contribution in [2.75, 3.05) is 13.2 Å². The molecule has 0 radical (unpaired) electrons. The number of cyclic esters (lactones) is 1. The molecule has 1 aromatic heterocycles. The number of carbonyl (C=O) groups is 4. The minimum Gasteiger partial charge on any atom is -0.472 e. The normalized spacial score (nSPS) is 27.4. The molecule has 5 atom stereocenters. The van der Waals surface area contributed by atoms with Crippen molar-refractivity contribution in [2.45, 2.75) is 109 Å². The fourth-order valence-electron chi connectivity index (χ4n) is 7.64. The number of pyridine rings is 1. The third-order valence-corrected chi connectivity index (χ3v) is 12.7. The van der Waals surface area contributed by atoms with Gasteiger partial charge in [0.15, 0.2) is 5.78 Å². The Hall–Kier alpha value is -4.21. The van der Waals surface area contributed by atoms with Crippen LogP contribution < -0.4 is 14.2 Å². The molecule has 12 nitrogen and oxygen atoms in total. The van der Waals surface area contributed by atoms with Gasteiger partial charge in [-0.1, -0.05) is 46.3 Å². The van der Waals surface area contributed by atoms with Gasteiger partial charge in [-0.25, -0.2) is 13.4 Å². The molecule has 294 valence electrons. The molecule has 1 aromatic carbocycles. The zero-order chi connectivity index (χ0) is 39.2. The van der Waals surface area contributed by atoms with E-state index in [0.717, 1.165) is 0 Å². The predicted octanol–water partition coefficient (Wildman–Crippen LogP) is 5.87. The Morgan fingerprint density at radius 2 is 1.87 bits per heavy atom. The van der Waals surface area contributed by atoms with Crippen molar-refractivity contribution in [3.63, 3.8) is 0 Å². The number of sulfonamides is 1. The van der Waals surface area contributed by atoms with Crippen molar-refractivity contribution in [3.8, 4) is 11.6 Å². The Balaban J connectivity index is 1.37. The molecule has 16 heteroatoms. The molecule has 6 rings (SSSR count). The maximum absolute atomic E-state index is 14.5. The number of carbonyl (C=O) groups excluding carboxylic acids is 4. The van der Waals surface area contributed by atoms with Crippen LogP contribution in [0.3, 0.4) is 0 Å². The van der Waals surface area contributed by atoms with Crippen LogP contribution in [-0.4, -0.2) is 78.8 Å². The van der Waals surface area contributed by atoms with Gasteiger partial charge in [-0.2, -0.15) is 0 Å². The molecule has 4 aliphatic rings. The highest BCUT2D eigenvalue weighted by molar-refractivity contribution is 7.90. The highest BCUT2D eigenvalue weighted by Gasteiger charge is 2.62. The number of hydrogen-bond donors (Lipinski definition) is 1. The lowest BCUT2D eigenvalue weighted by Crippen LogP contribution is -2.48. The van der Waals surface area contributed by atoms with E-state index in [2.05, 4.69) is 14.4 Å². The number of hydrogen-bond acceptors (Lipinski definition) is 10. The quantitative estimate of drug-likeness (QED) is 0.322. The first kappa shape index (κ1) is 39.5. The largest absolute Gasteiger partial charge is 0.573 e. The number of ether oxygens (including phenoxy) is 3. The molecule has 1 saturated heterocycles. The van der Waals surface area contributed by atoms with E-state index < -0.39 is 79.8 Å². The Labute approximate surface area is 312 Å². The number of fused-ring (bicyclic) bond motifs is 3. The van der Waals surface area contributed by atoms with E-state index in [1.807, 2.05) is 6.92 Å². The number of esters is 1. The van der Waals surface area contributed by atoms with Gasteiger partial charge in [0.05, 0.1) is 42.2 Å². The number of benzene rings is 1. The van der Waals surface area contributed by atoms with Crippen LogP contribution in [0.5, 0.6) is 11.6 Å². The maximum Gasteiger partial charge on any atom is 0.573 e. The molecule has 2 saturated carbocycles. The van der Waals surface area contributed by atoms with E-state index in [-0.39, 0.29) is 55.0 Å². The summed E-state index contributed by atoms with van der Waals surface area (Å²) < 4.78 is 84.5. The minimum absolute atomic E-state index is 0.0355. The van der Waals surface area contributed by atoms with Crippen LogP contribution in [0.4, 0.5) is 13.2 Å². The van der Waals surface area contributed by atoms with Crippen molar-refractivity contribution in [3.05, 3.63) is 36.0 Å². The Kier molecular flexibility index (Phi) is 10.8. The average Bonchev–Trinajstić information content (AvgIpc) is 4.00. The number of nitrogens with one attached hydrogen (secondary N) is 1. The van der Waals surface area contributed by atoms with Crippen molar-refractivity contribution in [1.82, 2.24) is 14.6 Å². The minimum atomic E-state index is -4.99. The van der Waals surface area contributed by atoms with Gasteiger partial charge < -0.3 is 19.1 Å². The maximum atomic E-state index is 14.5. The SMILES string of the molecule is CC[C@H]1C[C@]1(CC(=O)[C@@H]1C[C@@H]2CN1C(=O)[C@H](C(C)(C)C)CC(=O)OCCC/C=C/c1cc(OC(F)(F)F)c3ccnc(c3c1)O2)C(=O)NS(=O)(=O)C1CC1. The second kappa shape index (κ2) is 14.8. The molecule has 0 spiro atoms. The molecule has 4 bridgehead atoms. The van der Waals surface area contributed by atoms with Crippen molar-refractivity contribution < 1.29 is 55.0 Å². The number of amides is 2. The molecule has 2 aliphatic carbocycles.